The highest BCUT2D eigenvalue weighted by Gasteiger charge is 2.12. The SMILES string of the molecule is Nc1ccc(F)cc1NC(=O)c1ccc(Cl)o1. The quantitative estimate of drug-likeness (QED) is 0.810. The second-order valence-corrected chi connectivity index (χ2v) is 3.66. The molecule has 88 valence electrons. The lowest BCUT2D eigenvalue weighted by Crippen LogP contribution is -2.12. The number of hydrogen-bond donors (Lipinski definition) is 2. The van der Waals surface area contributed by atoms with E-state index in [1.54, 1.807) is 0 Å². The van der Waals surface area contributed by atoms with Crippen LogP contribution in [0.4, 0.5) is 15.8 Å². The van der Waals surface area contributed by atoms with Gasteiger partial charge in [-0.05, 0) is 41.9 Å². The molecular formula is C11H8ClFN2O2. The molecule has 17 heavy (non-hydrogen) atoms. The molecule has 0 aliphatic heterocycles. The van der Waals surface area contributed by atoms with E-state index < -0.39 is 11.7 Å². The Hall–Kier alpha value is -2.01. The first-order chi connectivity index (χ1) is 8.06. The summed E-state index contributed by atoms with van der Waals surface area (Å²) in [5.41, 5.74) is 6.03. The molecule has 2 aromatic rings. The van der Waals surface area contributed by atoms with Crippen molar-refractivity contribution in [2.75, 3.05) is 11.1 Å². The number of nitrogens with one attached hydrogen (secondary N) is 1. The zero-order chi connectivity index (χ0) is 12.4. The summed E-state index contributed by atoms with van der Waals surface area (Å²) in [5, 5.41) is 2.52. The molecule has 0 bridgehead atoms. The number of amides is 1. The summed E-state index contributed by atoms with van der Waals surface area (Å²) in [4.78, 5) is 11.6. The largest absolute Gasteiger partial charge is 0.440 e. The zero-order valence-electron chi connectivity index (χ0n) is 8.54. The third-order valence-electron chi connectivity index (χ3n) is 2.06. The van der Waals surface area contributed by atoms with Crippen molar-refractivity contribution in [1.29, 1.82) is 0 Å². The number of rotatable bonds is 2. The molecular weight excluding hydrogens is 247 g/mol. The van der Waals surface area contributed by atoms with Gasteiger partial charge in [0.1, 0.15) is 5.82 Å². The summed E-state index contributed by atoms with van der Waals surface area (Å²) in [6, 6.07) is 6.53. The first kappa shape index (κ1) is 11.5. The minimum Gasteiger partial charge on any atom is -0.440 e. The molecule has 0 saturated heterocycles. The van der Waals surface area contributed by atoms with Gasteiger partial charge in [0.2, 0.25) is 0 Å². The highest BCUT2D eigenvalue weighted by molar-refractivity contribution is 6.29. The Kier molecular flexibility index (Phi) is 3.01. The summed E-state index contributed by atoms with van der Waals surface area (Å²) in [5.74, 6) is -1.01. The lowest BCUT2D eigenvalue weighted by Gasteiger charge is -2.06. The number of anilines is 2. The van der Waals surface area contributed by atoms with Gasteiger partial charge in [-0.2, -0.15) is 0 Å². The van der Waals surface area contributed by atoms with Crippen molar-refractivity contribution in [3.8, 4) is 0 Å². The van der Waals surface area contributed by atoms with Crippen molar-refractivity contribution >= 4 is 28.9 Å². The van der Waals surface area contributed by atoms with Crippen molar-refractivity contribution in [3.05, 3.63) is 47.1 Å². The highest BCUT2D eigenvalue weighted by Crippen LogP contribution is 2.21. The van der Waals surface area contributed by atoms with Gasteiger partial charge < -0.3 is 15.5 Å². The van der Waals surface area contributed by atoms with E-state index in [9.17, 15) is 9.18 Å². The van der Waals surface area contributed by atoms with Gasteiger partial charge in [-0.1, -0.05) is 0 Å². The maximum Gasteiger partial charge on any atom is 0.291 e. The van der Waals surface area contributed by atoms with Crippen molar-refractivity contribution in [2.24, 2.45) is 0 Å². The first-order valence-corrected chi connectivity index (χ1v) is 5.06. The van der Waals surface area contributed by atoms with E-state index in [0.29, 0.717) is 0 Å². The molecule has 1 amide bonds. The van der Waals surface area contributed by atoms with Crippen molar-refractivity contribution in [1.82, 2.24) is 0 Å². The second kappa shape index (κ2) is 4.47. The molecule has 6 heteroatoms. The van der Waals surface area contributed by atoms with Gasteiger partial charge in [0.25, 0.3) is 5.91 Å². The molecule has 1 aromatic heterocycles. The second-order valence-electron chi connectivity index (χ2n) is 3.29. The Morgan fingerprint density at radius 3 is 2.76 bits per heavy atom. The summed E-state index contributed by atoms with van der Waals surface area (Å²) in [6.07, 6.45) is 0. The molecule has 0 radical (unpaired) electrons. The lowest BCUT2D eigenvalue weighted by atomic mass is 10.2. The van der Waals surface area contributed by atoms with E-state index in [2.05, 4.69) is 5.32 Å². The van der Waals surface area contributed by atoms with Gasteiger partial charge in [-0.3, -0.25) is 4.79 Å². The predicted octanol–water partition coefficient (Wildman–Crippen LogP) is 2.91. The van der Waals surface area contributed by atoms with Crippen LogP contribution >= 0.6 is 11.6 Å². The molecule has 0 atom stereocenters. The van der Waals surface area contributed by atoms with Crippen molar-refractivity contribution < 1.29 is 13.6 Å². The molecule has 0 fully saturated rings. The molecule has 0 spiro atoms. The summed E-state index contributed by atoms with van der Waals surface area (Å²) in [7, 11) is 0. The van der Waals surface area contributed by atoms with E-state index in [1.807, 2.05) is 0 Å². The molecule has 0 unspecified atom stereocenters. The normalized spacial score (nSPS) is 10.2. The lowest BCUT2D eigenvalue weighted by molar-refractivity contribution is 0.0997. The smallest absolute Gasteiger partial charge is 0.291 e. The van der Waals surface area contributed by atoms with Crippen LogP contribution in [0.2, 0.25) is 5.22 Å². The number of nitrogen functional groups attached to an aromatic ring is 1. The maximum absolute atomic E-state index is 13.0. The Morgan fingerprint density at radius 1 is 1.35 bits per heavy atom. The number of halogens is 2. The Morgan fingerprint density at radius 2 is 2.12 bits per heavy atom. The topological polar surface area (TPSA) is 68.3 Å². The van der Waals surface area contributed by atoms with Crippen molar-refractivity contribution in [3.63, 3.8) is 0 Å². The number of carbonyl (C=O) groups is 1. The Labute approximate surface area is 101 Å². The minimum absolute atomic E-state index is 0.0265. The molecule has 0 aliphatic rings. The number of hydrogen-bond acceptors (Lipinski definition) is 3. The summed E-state index contributed by atoms with van der Waals surface area (Å²) in [6.45, 7) is 0. The van der Waals surface area contributed by atoms with E-state index in [4.69, 9.17) is 21.8 Å². The van der Waals surface area contributed by atoms with Crippen LogP contribution in [0, 0.1) is 5.82 Å². The highest BCUT2D eigenvalue weighted by atomic mass is 35.5. The summed E-state index contributed by atoms with van der Waals surface area (Å²) >= 11 is 5.53. The molecule has 0 saturated carbocycles. The van der Waals surface area contributed by atoms with E-state index in [-0.39, 0.29) is 22.4 Å². The molecule has 0 aliphatic carbocycles. The van der Waals surface area contributed by atoms with Crippen LogP contribution in [0.15, 0.2) is 34.7 Å². The van der Waals surface area contributed by atoms with E-state index >= 15 is 0 Å². The average molecular weight is 255 g/mol. The zero-order valence-corrected chi connectivity index (χ0v) is 9.29. The minimum atomic E-state index is -0.547. The van der Waals surface area contributed by atoms with Crippen LogP contribution in [0.25, 0.3) is 0 Å². The third kappa shape index (κ3) is 2.57. The maximum atomic E-state index is 13.0. The van der Waals surface area contributed by atoms with Crippen LogP contribution in [0.3, 0.4) is 0 Å². The van der Waals surface area contributed by atoms with Crippen LogP contribution in [0.5, 0.6) is 0 Å². The standard InChI is InChI=1S/C11H8ClFN2O2/c12-10-4-3-9(17-10)11(16)15-8-5-6(13)1-2-7(8)14/h1-5H,14H2,(H,15,16). The summed E-state index contributed by atoms with van der Waals surface area (Å²) < 4.78 is 17.9. The van der Waals surface area contributed by atoms with Crippen LogP contribution in [-0.4, -0.2) is 5.91 Å². The molecule has 1 aromatic carbocycles. The fourth-order valence-corrected chi connectivity index (χ4v) is 1.40. The van der Waals surface area contributed by atoms with Gasteiger partial charge in [-0.25, -0.2) is 4.39 Å². The monoisotopic (exact) mass is 254 g/mol. The van der Waals surface area contributed by atoms with Gasteiger partial charge in [0.05, 0.1) is 11.4 Å². The van der Waals surface area contributed by atoms with Gasteiger partial charge in [-0.15, -0.1) is 0 Å². The Balaban J connectivity index is 2.21. The number of nitrogens with two attached hydrogens (primary N) is 1. The molecule has 3 N–H and O–H groups in total. The molecule has 1 heterocycles. The van der Waals surface area contributed by atoms with Crippen LogP contribution in [-0.2, 0) is 0 Å². The number of carbonyl (C=O) groups excluding carboxylic acids is 1. The van der Waals surface area contributed by atoms with Crippen LogP contribution < -0.4 is 11.1 Å². The fraction of sp³-hybridized carbons (Fsp3) is 0. The fourth-order valence-electron chi connectivity index (χ4n) is 1.26. The van der Waals surface area contributed by atoms with E-state index in [1.165, 1.54) is 24.3 Å². The number of benzene rings is 1. The average Bonchev–Trinajstić information content (AvgIpc) is 2.70. The third-order valence-corrected chi connectivity index (χ3v) is 2.26. The van der Waals surface area contributed by atoms with Crippen molar-refractivity contribution in [2.45, 2.75) is 0 Å². The Bertz CT molecular complexity index is 568. The number of furan rings is 1. The van der Waals surface area contributed by atoms with E-state index in [0.717, 1.165) is 6.07 Å². The van der Waals surface area contributed by atoms with Gasteiger partial charge >= 0.3 is 0 Å². The predicted molar refractivity (Wildman–Crippen MR) is 62.5 cm³/mol. The van der Waals surface area contributed by atoms with Gasteiger partial charge in [0.15, 0.2) is 11.0 Å². The van der Waals surface area contributed by atoms with Crippen LogP contribution in [0.1, 0.15) is 10.6 Å². The first-order valence-electron chi connectivity index (χ1n) is 4.68. The molecule has 4 nitrogen and oxygen atoms in total. The molecule has 2 rings (SSSR count). The van der Waals surface area contributed by atoms with Gasteiger partial charge in [0, 0.05) is 0 Å².